The van der Waals surface area contributed by atoms with Crippen LogP contribution in [0.5, 0.6) is 0 Å². The highest BCUT2D eigenvalue weighted by Crippen LogP contribution is 2.75. The van der Waals surface area contributed by atoms with E-state index in [0.717, 1.165) is 12.8 Å². The molecule has 23 heavy (non-hydrogen) atoms. The summed E-state index contributed by atoms with van der Waals surface area (Å²) in [5.74, 6) is 0.638. The number of hydrogen-bond acceptors (Lipinski definition) is 3. The first kappa shape index (κ1) is 16.5. The topological polar surface area (TPSA) is 43.4 Å². The molecule has 0 saturated heterocycles. The molecule has 0 aromatic rings. The summed E-state index contributed by atoms with van der Waals surface area (Å²) in [4.78, 5) is 25.3. The lowest BCUT2D eigenvalue weighted by Gasteiger charge is -2.42. The fourth-order valence-electron chi connectivity index (χ4n) is 6.02. The Morgan fingerprint density at radius 2 is 1.96 bits per heavy atom. The molecule has 126 valence electrons. The molecule has 0 bridgehead atoms. The van der Waals surface area contributed by atoms with Crippen molar-refractivity contribution >= 4 is 11.8 Å². The number of ketones is 1. The van der Waals surface area contributed by atoms with E-state index in [9.17, 15) is 9.59 Å². The fourth-order valence-corrected chi connectivity index (χ4v) is 6.02. The molecule has 2 saturated carbocycles. The number of ether oxygens (including phenoxy) is 1. The molecular formula is C20H28O3. The molecule has 3 rings (SSSR count). The highest BCUT2D eigenvalue weighted by atomic mass is 16.5. The van der Waals surface area contributed by atoms with Gasteiger partial charge in [-0.1, -0.05) is 32.9 Å². The lowest BCUT2D eigenvalue weighted by atomic mass is 9.61. The lowest BCUT2D eigenvalue weighted by Crippen LogP contribution is -2.49. The monoisotopic (exact) mass is 316 g/mol. The van der Waals surface area contributed by atoms with Gasteiger partial charge in [0.25, 0.3) is 0 Å². The van der Waals surface area contributed by atoms with E-state index in [1.807, 2.05) is 13.8 Å². The van der Waals surface area contributed by atoms with E-state index >= 15 is 0 Å². The number of carbonyl (C=O) groups excluding carboxylic acids is 2. The van der Waals surface area contributed by atoms with Crippen molar-refractivity contribution in [1.29, 1.82) is 0 Å². The summed E-state index contributed by atoms with van der Waals surface area (Å²) in [7, 11) is 0. The molecule has 0 aliphatic heterocycles. The second-order valence-electron chi connectivity index (χ2n) is 8.44. The second kappa shape index (κ2) is 4.81. The highest BCUT2D eigenvalue weighted by Gasteiger charge is 2.77. The van der Waals surface area contributed by atoms with Gasteiger partial charge in [-0.05, 0) is 51.5 Å². The van der Waals surface area contributed by atoms with Crippen molar-refractivity contribution < 1.29 is 14.3 Å². The number of allylic oxidation sites excluding steroid dienone is 3. The van der Waals surface area contributed by atoms with Gasteiger partial charge in [0.1, 0.15) is 6.10 Å². The van der Waals surface area contributed by atoms with Crippen LogP contribution >= 0.6 is 0 Å². The molecule has 0 amide bonds. The van der Waals surface area contributed by atoms with Crippen LogP contribution in [0.15, 0.2) is 23.8 Å². The van der Waals surface area contributed by atoms with Gasteiger partial charge in [-0.2, -0.15) is 0 Å². The fraction of sp³-hybridized carbons (Fsp3) is 0.700. The highest BCUT2D eigenvalue weighted by molar-refractivity contribution is 6.00. The third kappa shape index (κ3) is 1.71. The molecule has 1 spiro atoms. The lowest BCUT2D eigenvalue weighted by molar-refractivity contribution is -0.162. The summed E-state index contributed by atoms with van der Waals surface area (Å²) in [5.41, 5.74) is -0.408. The van der Waals surface area contributed by atoms with E-state index in [-0.39, 0.29) is 28.7 Å². The predicted octanol–water partition coefficient (Wildman–Crippen LogP) is 4.08. The zero-order chi connectivity index (χ0) is 17.2. The van der Waals surface area contributed by atoms with Crippen LogP contribution in [0.3, 0.4) is 0 Å². The van der Waals surface area contributed by atoms with Gasteiger partial charge in [0, 0.05) is 16.4 Å². The maximum absolute atomic E-state index is 12.9. The van der Waals surface area contributed by atoms with Gasteiger partial charge in [0.2, 0.25) is 0 Å². The minimum atomic E-state index is -0.638. The largest absolute Gasteiger partial charge is 0.457 e. The molecular weight excluding hydrogens is 288 g/mol. The first-order chi connectivity index (χ1) is 10.6. The average Bonchev–Trinajstić information content (AvgIpc) is 3.02. The normalized spacial score (nSPS) is 44.3. The average molecular weight is 316 g/mol. The smallest absolute Gasteiger partial charge is 0.333 e. The Hall–Kier alpha value is -1.38. The van der Waals surface area contributed by atoms with Gasteiger partial charge in [-0.3, -0.25) is 4.79 Å². The molecule has 0 N–H and O–H groups in total. The summed E-state index contributed by atoms with van der Waals surface area (Å²) in [6.07, 6.45) is 7.50. The van der Waals surface area contributed by atoms with Crippen LogP contribution in [-0.2, 0) is 14.3 Å². The van der Waals surface area contributed by atoms with Crippen LogP contribution < -0.4 is 0 Å². The zero-order valence-corrected chi connectivity index (χ0v) is 15.1. The van der Waals surface area contributed by atoms with Crippen molar-refractivity contribution in [3.8, 4) is 0 Å². The van der Waals surface area contributed by atoms with Gasteiger partial charge in [0.15, 0.2) is 5.78 Å². The number of rotatable bonds is 2. The van der Waals surface area contributed by atoms with Crippen LogP contribution in [0.1, 0.15) is 54.4 Å². The quantitative estimate of drug-likeness (QED) is 0.569. The minimum Gasteiger partial charge on any atom is -0.457 e. The molecule has 3 aliphatic rings. The third-order valence-electron chi connectivity index (χ3n) is 7.28. The predicted molar refractivity (Wildman–Crippen MR) is 89.7 cm³/mol. The van der Waals surface area contributed by atoms with Crippen LogP contribution in [-0.4, -0.2) is 17.9 Å². The van der Waals surface area contributed by atoms with Crippen LogP contribution in [0.2, 0.25) is 0 Å². The van der Waals surface area contributed by atoms with Crippen molar-refractivity contribution in [3.05, 3.63) is 23.8 Å². The van der Waals surface area contributed by atoms with E-state index in [2.05, 4.69) is 26.8 Å². The van der Waals surface area contributed by atoms with E-state index in [0.29, 0.717) is 17.4 Å². The van der Waals surface area contributed by atoms with Crippen molar-refractivity contribution in [2.24, 2.45) is 28.1 Å². The van der Waals surface area contributed by atoms with E-state index in [1.165, 1.54) is 0 Å². The molecule has 5 unspecified atom stereocenters. The number of esters is 1. The maximum atomic E-state index is 12.9. The van der Waals surface area contributed by atoms with Gasteiger partial charge in [-0.15, -0.1) is 0 Å². The molecule has 2 fully saturated rings. The van der Waals surface area contributed by atoms with Crippen LogP contribution in [0.4, 0.5) is 0 Å². The molecule has 0 heterocycles. The summed E-state index contributed by atoms with van der Waals surface area (Å²) >= 11 is 0. The molecule has 0 aromatic carbocycles. The van der Waals surface area contributed by atoms with Crippen molar-refractivity contribution in [2.75, 3.05) is 0 Å². The van der Waals surface area contributed by atoms with Crippen LogP contribution in [0, 0.1) is 28.1 Å². The Morgan fingerprint density at radius 3 is 2.57 bits per heavy atom. The Bertz CT molecular complexity index is 627. The second-order valence-corrected chi connectivity index (χ2v) is 8.44. The molecule has 3 nitrogen and oxygen atoms in total. The van der Waals surface area contributed by atoms with Gasteiger partial charge in [0.05, 0.1) is 5.41 Å². The summed E-state index contributed by atoms with van der Waals surface area (Å²) < 4.78 is 5.98. The molecule has 5 atom stereocenters. The standard InChI is InChI=1S/C20H28O3/c1-7-12(2)16(22)23-17-18(4,5)14-9-8-13(3)20(14)11-10-15(21)19(17,20)6/h7,10-11,13-14,17H,8-9H2,1-6H3. The van der Waals surface area contributed by atoms with E-state index in [4.69, 9.17) is 4.74 Å². The van der Waals surface area contributed by atoms with E-state index in [1.54, 1.807) is 19.1 Å². The minimum absolute atomic E-state index is 0.123. The number of carbonyl (C=O) groups is 2. The molecule has 0 radical (unpaired) electrons. The summed E-state index contributed by atoms with van der Waals surface area (Å²) in [6, 6.07) is 0. The molecule has 3 aliphatic carbocycles. The van der Waals surface area contributed by atoms with Crippen molar-refractivity contribution in [3.63, 3.8) is 0 Å². The third-order valence-corrected chi connectivity index (χ3v) is 7.28. The number of hydrogen-bond donors (Lipinski definition) is 0. The molecule has 3 heteroatoms. The Morgan fingerprint density at radius 1 is 1.30 bits per heavy atom. The first-order valence-corrected chi connectivity index (χ1v) is 8.71. The molecule has 0 aromatic heterocycles. The van der Waals surface area contributed by atoms with Crippen molar-refractivity contribution in [2.45, 2.75) is 60.5 Å². The first-order valence-electron chi connectivity index (χ1n) is 8.71. The summed E-state index contributed by atoms with van der Waals surface area (Å²) in [6.45, 7) is 12.2. The van der Waals surface area contributed by atoms with Crippen molar-refractivity contribution in [1.82, 2.24) is 0 Å². The SMILES string of the molecule is CC=C(C)C(=O)OC1C(C)(C)C2CCC(C)C23C=CC(=O)C13C. The van der Waals surface area contributed by atoms with Crippen LogP contribution in [0.25, 0.3) is 0 Å². The Balaban J connectivity index is 2.10. The Labute approximate surface area is 139 Å². The van der Waals surface area contributed by atoms with Gasteiger partial charge in [-0.25, -0.2) is 4.79 Å². The van der Waals surface area contributed by atoms with Gasteiger partial charge >= 0.3 is 5.97 Å². The zero-order valence-electron chi connectivity index (χ0n) is 15.1. The van der Waals surface area contributed by atoms with Gasteiger partial charge < -0.3 is 4.74 Å². The maximum Gasteiger partial charge on any atom is 0.333 e. The summed E-state index contributed by atoms with van der Waals surface area (Å²) in [5, 5.41) is 0. The Kier molecular flexibility index (Phi) is 3.45. The van der Waals surface area contributed by atoms with E-state index < -0.39 is 5.41 Å².